The summed E-state index contributed by atoms with van der Waals surface area (Å²) in [6.07, 6.45) is 0.616. The van der Waals surface area contributed by atoms with E-state index in [1.807, 2.05) is 38.8 Å². The number of carbonyl (C=O) groups is 1. The fourth-order valence-electron chi connectivity index (χ4n) is 1.75. The molecule has 1 radical (unpaired) electrons. The van der Waals surface area contributed by atoms with E-state index in [1.165, 1.54) is 0 Å². The third-order valence-corrected chi connectivity index (χ3v) is 2.18. The van der Waals surface area contributed by atoms with Crippen molar-refractivity contribution in [2.75, 3.05) is 0 Å². The zero-order valence-electron chi connectivity index (χ0n) is 8.59. The molecular formula is C12H12NO. The largest absolute Gasteiger partial charge is 0.297 e. The second kappa shape index (κ2) is 4.03. The van der Waals surface area contributed by atoms with Gasteiger partial charge in [0.05, 0.1) is 5.57 Å². The van der Waals surface area contributed by atoms with E-state index in [2.05, 4.69) is 0 Å². The molecule has 0 aliphatic heterocycles. The minimum atomic E-state index is 0.208. The molecule has 0 bridgehead atoms. The van der Waals surface area contributed by atoms with Gasteiger partial charge in [0.25, 0.3) is 0 Å². The van der Waals surface area contributed by atoms with Gasteiger partial charge in [0.15, 0.2) is 6.29 Å². The number of allylic oxidation sites excluding steroid dienone is 1. The number of aryl methyl sites for hydroxylation is 3. The molecule has 0 fully saturated rings. The van der Waals surface area contributed by atoms with Gasteiger partial charge in [-0.05, 0) is 31.9 Å². The van der Waals surface area contributed by atoms with Gasteiger partial charge in [-0.2, -0.15) is 0 Å². The first kappa shape index (κ1) is 10.4. The van der Waals surface area contributed by atoms with Crippen molar-refractivity contribution < 1.29 is 4.79 Å². The van der Waals surface area contributed by atoms with Crippen molar-refractivity contribution >= 4 is 17.7 Å². The van der Waals surface area contributed by atoms with Crippen molar-refractivity contribution in [1.82, 2.24) is 5.41 Å². The lowest BCUT2D eigenvalue weighted by Gasteiger charge is -2.08. The van der Waals surface area contributed by atoms with Gasteiger partial charge in [-0.15, -0.1) is 0 Å². The highest BCUT2D eigenvalue weighted by atomic mass is 16.1. The predicted octanol–water partition coefficient (Wildman–Crippen LogP) is 1.66. The Labute approximate surface area is 83.8 Å². The first-order valence-corrected chi connectivity index (χ1v) is 4.40. The maximum absolute atomic E-state index is 10.7. The Morgan fingerprint density at radius 1 is 1.29 bits per heavy atom. The van der Waals surface area contributed by atoms with Crippen LogP contribution in [0.15, 0.2) is 12.1 Å². The summed E-state index contributed by atoms with van der Waals surface area (Å²) in [5, 5.41) is 8.78. The Balaban J connectivity index is 3.49. The SMILES string of the molecule is Cc1cc(C)c(C(=C=[N])C=O)c(C)c1. The summed E-state index contributed by atoms with van der Waals surface area (Å²) in [5.41, 5.74) is 4.08. The summed E-state index contributed by atoms with van der Waals surface area (Å²) in [6, 6.07) is 3.95. The van der Waals surface area contributed by atoms with Gasteiger partial charge in [0.2, 0.25) is 0 Å². The normalized spacial score (nSPS) is 9.36. The van der Waals surface area contributed by atoms with Crippen LogP contribution in [-0.2, 0) is 4.79 Å². The fourth-order valence-corrected chi connectivity index (χ4v) is 1.75. The molecule has 0 saturated carbocycles. The smallest absolute Gasteiger partial charge is 0.160 e. The number of hydrogen-bond donors (Lipinski definition) is 0. The molecule has 1 rings (SSSR count). The molecule has 0 spiro atoms. The van der Waals surface area contributed by atoms with E-state index < -0.39 is 0 Å². The van der Waals surface area contributed by atoms with Crippen molar-refractivity contribution in [2.45, 2.75) is 20.8 Å². The number of carbonyl (C=O) groups excluding carboxylic acids is 1. The highest BCUT2D eigenvalue weighted by Crippen LogP contribution is 2.21. The highest BCUT2D eigenvalue weighted by Gasteiger charge is 2.08. The van der Waals surface area contributed by atoms with E-state index in [0.29, 0.717) is 6.29 Å². The summed E-state index contributed by atoms with van der Waals surface area (Å²) in [5.74, 6) is 1.92. The number of aldehydes is 1. The first-order valence-electron chi connectivity index (χ1n) is 4.40. The first-order chi connectivity index (χ1) is 6.60. The van der Waals surface area contributed by atoms with Crippen LogP contribution in [0, 0.1) is 20.8 Å². The molecule has 0 heterocycles. The molecule has 0 aliphatic rings. The van der Waals surface area contributed by atoms with Crippen molar-refractivity contribution in [2.24, 2.45) is 0 Å². The minimum Gasteiger partial charge on any atom is -0.297 e. The van der Waals surface area contributed by atoms with Gasteiger partial charge in [0, 0.05) is 11.4 Å². The Kier molecular flexibility index (Phi) is 3.00. The molecule has 0 saturated heterocycles. The molecule has 0 N–H and O–H groups in total. The van der Waals surface area contributed by atoms with Crippen LogP contribution in [0.2, 0.25) is 0 Å². The summed E-state index contributed by atoms with van der Waals surface area (Å²) in [4.78, 5) is 10.7. The molecule has 71 valence electrons. The molecule has 2 heteroatoms. The topological polar surface area (TPSA) is 39.4 Å². The summed E-state index contributed by atoms with van der Waals surface area (Å²) in [6.45, 7) is 5.82. The van der Waals surface area contributed by atoms with Gasteiger partial charge in [-0.3, -0.25) is 4.79 Å². The quantitative estimate of drug-likeness (QED) is 0.393. The predicted molar refractivity (Wildman–Crippen MR) is 57.3 cm³/mol. The van der Waals surface area contributed by atoms with Crippen molar-refractivity contribution in [3.05, 3.63) is 34.4 Å². The molecule has 0 aromatic heterocycles. The van der Waals surface area contributed by atoms with E-state index >= 15 is 0 Å². The molecule has 0 atom stereocenters. The van der Waals surface area contributed by atoms with Gasteiger partial charge >= 0.3 is 0 Å². The Hall–Kier alpha value is -1.66. The molecule has 14 heavy (non-hydrogen) atoms. The third-order valence-electron chi connectivity index (χ3n) is 2.18. The number of rotatable bonds is 2. The van der Waals surface area contributed by atoms with Crippen LogP contribution in [0.5, 0.6) is 0 Å². The second-order valence-electron chi connectivity index (χ2n) is 3.42. The minimum absolute atomic E-state index is 0.208. The Morgan fingerprint density at radius 2 is 1.79 bits per heavy atom. The Morgan fingerprint density at radius 3 is 2.14 bits per heavy atom. The van der Waals surface area contributed by atoms with E-state index in [-0.39, 0.29) is 5.57 Å². The number of benzene rings is 1. The van der Waals surface area contributed by atoms with E-state index in [1.54, 1.807) is 0 Å². The zero-order valence-corrected chi connectivity index (χ0v) is 8.59. The lowest BCUT2D eigenvalue weighted by molar-refractivity contribution is -0.103. The third kappa shape index (κ3) is 1.81. The molecule has 1 aromatic rings. The fraction of sp³-hybridized carbons (Fsp3) is 0.250. The lowest BCUT2D eigenvalue weighted by atomic mass is 9.95. The molecular weight excluding hydrogens is 174 g/mol. The van der Waals surface area contributed by atoms with Crippen LogP contribution in [0.25, 0.3) is 5.57 Å². The van der Waals surface area contributed by atoms with E-state index in [0.717, 1.165) is 22.3 Å². The standard InChI is InChI=1S/C12H12NO/c1-8-4-9(2)12(10(3)5-8)11(6-13)7-14/h4-5,7H,1-3H3. The highest BCUT2D eigenvalue weighted by molar-refractivity contribution is 6.19. The van der Waals surface area contributed by atoms with Crippen LogP contribution in [0.4, 0.5) is 0 Å². The number of nitrogens with zero attached hydrogens (tertiary/aromatic N) is 1. The molecule has 1 aromatic carbocycles. The molecule has 0 aliphatic carbocycles. The van der Waals surface area contributed by atoms with Gasteiger partial charge in [0.1, 0.15) is 0 Å². The van der Waals surface area contributed by atoms with Crippen LogP contribution in [0.1, 0.15) is 22.3 Å². The van der Waals surface area contributed by atoms with Crippen molar-refractivity contribution in [1.29, 1.82) is 0 Å². The van der Waals surface area contributed by atoms with Gasteiger partial charge < -0.3 is 0 Å². The van der Waals surface area contributed by atoms with Gasteiger partial charge in [-0.1, -0.05) is 23.1 Å². The second-order valence-corrected chi connectivity index (χ2v) is 3.42. The molecule has 0 unspecified atom stereocenters. The zero-order chi connectivity index (χ0) is 10.7. The Bertz CT molecular complexity index is 403. The average molecular weight is 186 g/mol. The summed E-state index contributed by atoms with van der Waals surface area (Å²) >= 11 is 0. The van der Waals surface area contributed by atoms with E-state index in [4.69, 9.17) is 5.41 Å². The van der Waals surface area contributed by atoms with Gasteiger partial charge in [-0.25, -0.2) is 0 Å². The van der Waals surface area contributed by atoms with Crippen molar-refractivity contribution in [3.8, 4) is 0 Å². The molecule has 2 nitrogen and oxygen atoms in total. The van der Waals surface area contributed by atoms with Crippen LogP contribution in [0.3, 0.4) is 0 Å². The average Bonchev–Trinajstić information content (AvgIpc) is 2.10. The summed E-state index contributed by atoms with van der Waals surface area (Å²) < 4.78 is 0. The molecule has 0 amide bonds. The van der Waals surface area contributed by atoms with Crippen LogP contribution >= 0.6 is 0 Å². The maximum Gasteiger partial charge on any atom is 0.160 e. The lowest BCUT2D eigenvalue weighted by Crippen LogP contribution is -1.96. The van der Waals surface area contributed by atoms with Crippen LogP contribution in [-0.4, -0.2) is 12.2 Å². The maximum atomic E-state index is 10.7. The van der Waals surface area contributed by atoms with E-state index in [9.17, 15) is 4.79 Å². The number of hydrogen-bond acceptors (Lipinski definition) is 1. The van der Waals surface area contributed by atoms with Crippen LogP contribution < -0.4 is 5.41 Å². The summed E-state index contributed by atoms with van der Waals surface area (Å²) in [7, 11) is 0. The van der Waals surface area contributed by atoms with Crippen molar-refractivity contribution in [3.63, 3.8) is 0 Å². The monoisotopic (exact) mass is 186 g/mol.